The largest absolute Gasteiger partial charge is 0.389 e. The van der Waals surface area contributed by atoms with Crippen LogP contribution in [0.1, 0.15) is 34.6 Å². The third-order valence-corrected chi connectivity index (χ3v) is 3.39. The fraction of sp³-hybridized carbons (Fsp3) is 1.00. The number of nitrogens with zero attached hydrogens (tertiary/aromatic N) is 1. The predicted octanol–water partition coefficient (Wildman–Crippen LogP) is 1.77. The van der Waals surface area contributed by atoms with E-state index in [-0.39, 0.29) is 11.5 Å². The van der Waals surface area contributed by atoms with E-state index in [9.17, 15) is 5.11 Å². The van der Waals surface area contributed by atoms with E-state index in [1.165, 1.54) is 0 Å². The van der Waals surface area contributed by atoms with Crippen molar-refractivity contribution in [2.75, 3.05) is 33.9 Å². The lowest BCUT2D eigenvalue weighted by atomic mass is 9.87. The molecule has 0 aromatic rings. The van der Waals surface area contributed by atoms with Gasteiger partial charge in [0.2, 0.25) is 0 Å². The van der Waals surface area contributed by atoms with Crippen molar-refractivity contribution in [1.82, 2.24) is 4.90 Å². The predicted molar refractivity (Wildman–Crippen MR) is 74.8 cm³/mol. The van der Waals surface area contributed by atoms with Gasteiger partial charge in [-0.1, -0.05) is 20.8 Å². The van der Waals surface area contributed by atoms with Crippen LogP contribution in [0.25, 0.3) is 0 Å². The van der Waals surface area contributed by atoms with Gasteiger partial charge in [0.1, 0.15) is 0 Å². The van der Waals surface area contributed by atoms with Crippen molar-refractivity contribution < 1.29 is 14.6 Å². The van der Waals surface area contributed by atoms with Crippen LogP contribution in [0.3, 0.4) is 0 Å². The van der Waals surface area contributed by atoms with Gasteiger partial charge in [-0.2, -0.15) is 0 Å². The first kappa shape index (κ1) is 17.8. The van der Waals surface area contributed by atoms with E-state index in [4.69, 9.17) is 9.47 Å². The van der Waals surface area contributed by atoms with E-state index in [0.29, 0.717) is 25.8 Å². The van der Waals surface area contributed by atoms with Crippen molar-refractivity contribution in [2.45, 2.75) is 52.9 Å². The monoisotopic (exact) mass is 261 g/mol. The molecule has 0 saturated carbocycles. The van der Waals surface area contributed by atoms with Crippen LogP contribution >= 0.6 is 0 Å². The zero-order chi connectivity index (χ0) is 14.3. The second-order valence-corrected chi connectivity index (χ2v) is 6.23. The zero-order valence-electron chi connectivity index (χ0n) is 13.1. The third-order valence-electron chi connectivity index (χ3n) is 3.39. The van der Waals surface area contributed by atoms with Crippen LogP contribution in [0.15, 0.2) is 0 Å². The molecule has 0 radical (unpaired) electrons. The summed E-state index contributed by atoms with van der Waals surface area (Å²) in [4.78, 5) is 2.18. The van der Waals surface area contributed by atoms with E-state index in [1.807, 2.05) is 14.0 Å². The Balaban J connectivity index is 3.97. The smallest absolute Gasteiger partial charge is 0.0900 e. The van der Waals surface area contributed by atoms with Crippen molar-refractivity contribution in [3.05, 3.63) is 0 Å². The van der Waals surface area contributed by atoms with E-state index in [0.717, 1.165) is 0 Å². The summed E-state index contributed by atoms with van der Waals surface area (Å²) < 4.78 is 10.5. The molecule has 0 saturated heterocycles. The van der Waals surface area contributed by atoms with E-state index < -0.39 is 6.10 Å². The SMILES string of the molecule is COCC(C)OCC(O)CN(C)C(C)C(C)(C)C. The highest BCUT2D eigenvalue weighted by atomic mass is 16.5. The minimum absolute atomic E-state index is 0.0231. The normalized spacial score (nSPS) is 17.8. The van der Waals surface area contributed by atoms with Crippen molar-refractivity contribution >= 4 is 0 Å². The summed E-state index contributed by atoms with van der Waals surface area (Å²) in [5, 5.41) is 9.94. The van der Waals surface area contributed by atoms with Gasteiger partial charge >= 0.3 is 0 Å². The Labute approximate surface area is 112 Å². The summed E-state index contributed by atoms with van der Waals surface area (Å²) in [7, 11) is 3.69. The third kappa shape index (κ3) is 7.31. The summed E-state index contributed by atoms with van der Waals surface area (Å²) in [6, 6.07) is 0.406. The molecule has 0 rings (SSSR count). The van der Waals surface area contributed by atoms with Crippen LogP contribution in [0.5, 0.6) is 0 Å². The molecule has 0 spiro atoms. The number of likely N-dealkylation sites (N-methyl/N-ethyl adjacent to an activating group) is 1. The molecule has 0 bridgehead atoms. The Morgan fingerprint density at radius 1 is 1.17 bits per heavy atom. The number of hydrogen-bond acceptors (Lipinski definition) is 4. The van der Waals surface area contributed by atoms with Gasteiger partial charge in [-0.3, -0.25) is 0 Å². The maximum absolute atomic E-state index is 9.94. The topological polar surface area (TPSA) is 41.9 Å². The molecule has 0 amide bonds. The number of rotatable bonds is 8. The van der Waals surface area contributed by atoms with Crippen molar-refractivity contribution in [1.29, 1.82) is 0 Å². The second kappa shape index (κ2) is 8.10. The highest BCUT2D eigenvalue weighted by molar-refractivity contribution is 4.78. The zero-order valence-corrected chi connectivity index (χ0v) is 13.1. The van der Waals surface area contributed by atoms with Gasteiger partial charge in [0, 0.05) is 19.7 Å². The molecule has 0 aliphatic heterocycles. The number of aliphatic hydroxyl groups excluding tert-OH is 1. The highest BCUT2D eigenvalue weighted by Crippen LogP contribution is 2.22. The molecule has 18 heavy (non-hydrogen) atoms. The number of aliphatic hydroxyl groups is 1. The van der Waals surface area contributed by atoms with Gasteiger partial charge in [-0.25, -0.2) is 0 Å². The van der Waals surface area contributed by atoms with E-state index in [1.54, 1.807) is 7.11 Å². The molecule has 0 heterocycles. The molecule has 4 heteroatoms. The van der Waals surface area contributed by atoms with Crippen molar-refractivity contribution in [3.8, 4) is 0 Å². The lowest BCUT2D eigenvalue weighted by Gasteiger charge is -2.36. The summed E-state index contributed by atoms with van der Waals surface area (Å²) >= 11 is 0. The Morgan fingerprint density at radius 3 is 2.17 bits per heavy atom. The quantitative estimate of drug-likeness (QED) is 0.723. The van der Waals surface area contributed by atoms with Gasteiger partial charge < -0.3 is 19.5 Å². The average molecular weight is 261 g/mol. The summed E-state index contributed by atoms with van der Waals surface area (Å²) in [6.07, 6.45) is -0.436. The van der Waals surface area contributed by atoms with Gasteiger partial charge in [-0.15, -0.1) is 0 Å². The molecular weight excluding hydrogens is 230 g/mol. The van der Waals surface area contributed by atoms with Crippen LogP contribution in [-0.2, 0) is 9.47 Å². The maximum Gasteiger partial charge on any atom is 0.0900 e. The Morgan fingerprint density at radius 2 is 1.72 bits per heavy atom. The summed E-state index contributed by atoms with van der Waals surface area (Å²) in [6.45, 7) is 12.3. The van der Waals surface area contributed by atoms with Gasteiger partial charge in [0.25, 0.3) is 0 Å². The average Bonchev–Trinajstić information content (AvgIpc) is 2.24. The van der Waals surface area contributed by atoms with E-state index in [2.05, 4.69) is 32.6 Å². The highest BCUT2D eigenvalue weighted by Gasteiger charge is 2.25. The molecule has 1 N–H and O–H groups in total. The van der Waals surface area contributed by atoms with Crippen LogP contribution in [-0.4, -0.2) is 62.2 Å². The number of methoxy groups -OCH3 is 1. The first-order valence-electron chi connectivity index (χ1n) is 6.67. The van der Waals surface area contributed by atoms with Crippen molar-refractivity contribution in [3.63, 3.8) is 0 Å². The van der Waals surface area contributed by atoms with Crippen LogP contribution in [0, 0.1) is 5.41 Å². The molecule has 4 nitrogen and oxygen atoms in total. The van der Waals surface area contributed by atoms with Gasteiger partial charge in [0.05, 0.1) is 25.4 Å². The lowest BCUT2D eigenvalue weighted by molar-refractivity contribution is -0.0434. The van der Waals surface area contributed by atoms with Crippen molar-refractivity contribution in [2.24, 2.45) is 5.41 Å². The number of hydrogen-bond donors (Lipinski definition) is 1. The molecule has 0 fully saturated rings. The van der Waals surface area contributed by atoms with Crippen LogP contribution < -0.4 is 0 Å². The molecular formula is C14H31NO3. The molecule has 110 valence electrons. The standard InChI is InChI=1S/C14H31NO3/c1-11(9-17-7)18-10-13(16)8-15(6)12(2)14(3,4)5/h11-13,16H,8-10H2,1-7H3. The van der Waals surface area contributed by atoms with E-state index >= 15 is 0 Å². The minimum atomic E-state index is -0.459. The summed E-state index contributed by atoms with van der Waals surface area (Å²) in [5.41, 5.74) is 0.207. The second-order valence-electron chi connectivity index (χ2n) is 6.23. The van der Waals surface area contributed by atoms with Gasteiger partial charge in [0.15, 0.2) is 0 Å². The molecule has 3 atom stereocenters. The first-order valence-corrected chi connectivity index (χ1v) is 6.67. The first-order chi connectivity index (χ1) is 8.18. The molecule has 0 aromatic heterocycles. The maximum atomic E-state index is 9.94. The van der Waals surface area contributed by atoms with Gasteiger partial charge in [-0.05, 0) is 26.3 Å². The Kier molecular flexibility index (Phi) is 8.03. The number of ether oxygens (including phenoxy) is 2. The molecule has 3 unspecified atom stereocenters. The molecule has 0 aliphatic carbocycles. The fourth-order valence-electron chi connectivity index (χ4n) is 1.76. The summed E-state index contributed by atoms with van der Waals surface area (Å²) in [5.74, 6) is 0. The molecule has 0 aromatic carbocycles. The van der Waals surface area contributed by atoms with Crippen LogP contribution in [0.2, 0.25) is 0 Å². The Hall–Kier alpha value is -0.160. The Bertz CT molecular complexity index is 216. The minimum Gasteiger partial charge on any atom is -0.389 e. The van der Waals surface area contributed by atoms with Crippen LogP contribution in [0.4, 0.5) is 0 Å². The molecule has 0 aliphatic rings. The fourth-order valence-corrected chi connectivity index (χ4v) is 1.76. The lowest BCUT2D eigenvalue weighted by Crippen LogP contribution is -2.44.